The van der Waals surface area contributed by atoms with Gasteiger partial charge in [-0.3, -0.25) is 14.4 Å². The number of aromatic amines is 1. The molecular weight excluding hydrogens is 433 g/mol. The molecule has 0 bridgehead atoms. The highest BCUT2D eigenvalue weighted by Gasteiger charge is 2.30. The molecule has 0 radical (unpaired) electrons. The van der Waals surface area contributed by atoms with E-state index < -0.39 is 40.5 Å². The standard InChI is InChI=1S/C21H17F3N2O4S/c22-21(23,24)14-7-5-12(6-8-14)19(29)26-17(20(30)31-11-18(27)28)9-13-10-25-16-4-2-1-3-15(13)16/h1-8,10,17,25H,9,11H2,(H,26,29)(H,27,28)/t17-/m0/s1. The zero-order chi connectivity index (χ0) is 22.6. The number of carbonyl (C=O) groups is 3. The number of fused-ring (bicyclic) bond motifs is 1. The molecule has 1 atom stereocenters. The number of carboxylic acids is 1. The van der Waals surface area contributed by atoms with Crippen molar-refractivity contribution >= 4 is 39.7 Å². The van der Waals surface area contributed by atoms with Crippen molar-refractivity contribution in [1.29, 1.82) is 0 Å². The first-order chi connectivity index (χ1) is 14.6. The summed E-state index contributed by atoms with van der Waals surface area (Å²) in [5, 5.41) is 11.6. The molecule has 0 saturated carbocycles. The minimum absolute atomic E-state index is 0.0482. The first-order valence-corrected chi connectivity index (χ1v) is 10.1. The lowest BCUT2D eigenvalue weighted by atomic mass is 10.0. The van der Waals surface area contributed by atoms with Crippen LogP contribution >= 0.6 is 11.8 Å². The summed E-state index contributed by atoms with van der Waals surface area (Å²) in [7, 11) is 0. The van der Waals surface area contributed by atoms with Crippen LogP contribution in [0.15, 0.2) is 54.7 Å². The van der Waals surface area contributed by atoms with Gasteiger partial charge in [-0.2, -0.15) is 13.2 Å². The van der Waals surface area contributed by atoms with Gasteiger partial charge in [-0.05, 0) is 35.9 Å². The fraction of sp³-hybridized carbons (Fsp3) is 0.190. The highest BCUT2D eigenvalue weighted by molar-refractivity contribution is 8.14. The van der Waals surface area contributed by atoms with Crippen LogP contribution in [0.25, 0.3) is 10.9 Å². The van der Waals surface area contributed by atoms with Gasteiger partial charge in [0.2, 0.25) is 5.12 Å². The van der Waals surface area contributed by atoms with Crippen molar-refractivity contribution in [2.75, 3.05) is 5.75 Å². The number of rotatable bonds is 7. The monoisotopic (exact) mass is 450 g/mol. The number of benzene rings is 2. The van der Waals surface area contributed by atoms with Crippen molar-refractivity contribution in [3.8, 4) is 0 Å². The molecule has 31 heavy (non-hydrogen) atoms. The van der Waals surface area contributed by atoms with Crippen molar-refractivity contribution in [3.63, 3.8) is 0 Å². The van der Waals surface area contributed by atoms with Gasteiger partial charge >= 0.3 is 12.1 Å². The number of H-pyrrole nitrogens is 1. The third-order valence-electron chi connectivity index (χ3n) is 4.50. The summed E-state index contributed by atoms with van der Waals surface area (Å²) in [6, 6.07) is 9.87. The minimum Gasteiger partial charge on any atom is -0.481 e. The molecule has 0 saturated heterocycles. The van der Waals surface area contributed by atoms with E-state index in [0.29, 0.717) is 11.8 Å². The number of hydrogen-bond acceptors (Lipinski definition) is 4. The second-order valence-electron chi connectivity index (χ2n) is 6.67. The summed E-state index contributed by atoms with van der Waals surface area (Å²) in [4.78, 5) is 39.0. The lowest BCUT2D eigenvalue weighted by molar-refractivity contribution is -0.137. The van der Waals surface area contributed by atoms with Crippen molar-refractivity contribution < 1.29 is 32.7 Å². The fourth-order valence-electron chi connectivity index (χ4n) is 3.00. The van der Waals surface area contributed by atoms with Crippen LogP contribution in [-0.4, -0.2) is 38.9 Å². The molecule has 1 aromatic heterocycles. The number of nitrogens with one attached hydrogen (secondary N) is 2. The SMILES string of the molecule is O=C(O)CSC(=O)[C@H](Cc1c[nH]c2ccccc12)NC(=O)c1ccc(C(F)(F)F)cc1. The number of thioether (sulfide) groups is 1. The van der Waals surface area contributed by atoms with E-state index in [-0.39, 0.29) is 12.0 Å². The number of halogens is 3. The van der Waals surface area contributed by atoms with Crippen LogP contribution in [0, 0.1) is 0 Å². The normalized spacial score (nSPS) is 12.5. The van der Waals surface area contributed by atoms with E-state index in [2.05, 4.69) is 10.3 Å². The Labute approximate surface area is 178 Å². The molecule has 3 rings (SSSR count). The van der Waals surface area contributed by atoms with Gasteiger partial charge in [0.25, 0.3) is 5.91 Å². The molecule has 162 valence electrons. The topological polar surface area (TPSA) is 99.3 Å². The second kappa shape index (κ2) is 9.25. The lowest BCUT2D eigenvalue weighted by Gasteiger charge is -2.17. The number of carbonyl (C=O) groups excluding carboxylic acids is 2. The molecule has 6 nitrogen and oxygen atoms in total. The number of amides is 1. The van der Waals surface area contributed by atoms with Gasteiger partial charge in [-0.1, -0.05) is 30.0 Å². The Balaban J connectivity index is 1.81. The van der Waals surface area contributed by atoms with Gasteiger partial charge in [0.05, 0.1) is 11.3 Å². The Morgan fingerprint density at radius 3 is 2.39 bits per heavy atom. The lowest BCUT2D eigenvalue weighted by Crippen LogP contribution is -2.41. The molecule has 0 aliphatic carbocycles. The van der Waals surface area contributed by atoms with E-state index in [1.54, 1.807) is 6.20 Å². The van der Waals surface area contributed by atoms with Gasteiger partial charge in [-0.25, -0.2) is 0 Å². The van der Waals surface area contributed by atoms with Crippen LogP contribution in [0.2, 0.25) is 0 Å². The Morgan fingerprint density at radius 1 is 1.06 bits per heavy atom. The molecule has 0 fully saturated rings. The van der Waals surface area contributed by atoms with Gasteiger partial charge in [-0.15, -0.1) is 0 Å². The van der Waals surface area contributed by atoms with E-state index >= 15 is 0 Å². The van der Waals surface area contributed by atoms with Crippen LogP contribution < -0.4 is 5.32 Å². The predicted octanol–water partition coefficient (Wildman–Crippen LogP) is 3.87. The summed E-state index contributed by atoms with van der Waals surface area (Å²) < 4.78 is 38.2. The van der Waals surface area contributed by atoms with E-state index in [9.17, 15) is 27.6 Å². The molecule has 10 heteroatoms. The molecular formula is C21H17F3N2O4S. The minimum atomic E-state index is -4.53. The highest BCUT2D eigenvalue weighted by atomic mass is 32.2. The van der Waals surface area contributed by atoms with Crippen LogP contribution in [-0.2, 0) is 22.2 Å². The number of carboxylic acid groups (broad SMARTS) is 1. The fourth-order valence-corrected chi connectivity index (χ4v) is 3.61. The van der Waals surface area contributed by atoms with Gasteiger partial charge in [0.1, 0.15) is 6.04 Å². The average Bonchev–Trinajstić information content (AvgIpc) is 3.14. The summed E-state index contributed by atoms with van der Waals surface area (Å²) in [6.45, 7) is 0. The third-order valence-corrected chi connectivity index (χ3v) is 5.46. The quantitative estimate of drug-likeness (QED) is 0.508. The summed E-state index contributed by atoms with van der Waals surface area (Å²) in [6.07, 6.45) is -2.75. The summed E-state index contributed by atoms with van der Waals surface area (Å²) in [5.74, 6) is -2.39. The Morgan fingerprint density at radius 2 is 1.74 bits per heavy atom. The van der Waals surface area contributed by atoms with Crippen LogP contribution in [0.3, 0.4) is 0 Å². The molecule has 0 unspecified atom stereocenters. The summed E-state index contributed by atoms with van der Waals surface area (Å²) >= 11 is 0.551. The second-order valence-corrected chi connectivity index (χ2v) is 7.65. The van der Waals surface area contributed by atoms with Crippen LogP contribution in [0.4, 0.5) is 13.2 Å². The van der Waals surface area contributed by atoms with Crippen LogP contribution in [0.5, 0.6) is 0 Å². The first kappa shape index (κ1) is 22.4. The Hall–Kier alpha value is -3.27. The van der Waals surface area contributed by atoms with Crippen LogP contribution in [0.1, 0.15) is 21.5 Å². The molecule has 3 N–H and O–H groups in total. The van der Waals surface area contributed by atoms with Crippen molar-refractivity contribution in [3.05, 3.63) is 71.4 Å². The Bertz CT molecular complexity index is 1110. The van der Waals surface area contributed by atoms with Gasteiger partial charge < -0.3 is 15.4 Å². The summed E-state index contributed by atoms with van der Waals surface area (Å²) in [5.41, 5.74) is 0.619. The number of para-hydroxylation sites is 1. The molecule has 1 amide bonds. The molecule has 1 heterocycles. The number of alkyl halides is 3. The van der Waals surface area contributed by atoms with E-state index in [0.717, 1.165) is 40.7 Å². The number of hydrogen-bond donors (Lipinski definition) is 3. The molecule has 3 aromatic rings. The number of aliphatic carboxylic acids is 1. The molecule has 0 aliphatic rings. The van der Waals surface area contributed by atoms with Gasteiger partial charge in [0, 0.05) is 29.1 Å². The van der Waals surface area contributed by atoms with E-state index in [4.69, 9.17) is 5.11 Å². The largest absolute Gasteiger partial charge is 0.481 e. The van der Waals surface area contributed by atoms with Crippen molar-refractivity contribution in [2.45, 2.75) is 18.6 Å². The highest BCUT2D eigenvalue weighted by Crippen LogP contribution is 2.29. The Kier molecular flexibility index (Phi) is 6.69. The van der Waals surface area contributed by atoms with E-state index in [1.165, 1.54) is 0 Å². The smallest absolute Gasteiger partial charge is 0.416 e. The molecule has 0 spiro atoms. The zero-order valence-electron chi connectivity index (χ0n) is 15.9. The molecule has 2 aromatic carbocycles. The number of aromatic nitrogens is 1. The predicted molar refractivity (Wildman–Crippen MR) is 110 cm³/mol. The van der Waals surface area contributed by atoms with Crippen molar-refractivity contribution in [1.82, 2.24) is 10.3 Å². The van der Waals surface area contributed by atoms with E-state index in [1.807, 2.05) is 24.3 Å². The maximum absolute atomic E-state index is 12.7. The first-order valence-electron chi connectivity index (χ1n) is 9.06. The average molecular weight is 450 g/mol. The maximum Gasteiger partial charge on any atom is 0.416 e. The third kappa shape index (κ3) is 5.66. The van der Waals surface area contributed by atoms with Gasteiger partial charge in [0.15, 0.2) is 0 Å². The van der Waals surface area contributed by atoms with Crippen molar-refractivity contribution in [2.24, 2.45) is 0 Å². The zero-order valence-corrected chi connectivity index (χ0v) is 16.7. The molecule has 0 aliphatic heterocycles. The maximum atomic E-state index is 12.7.